The Kier molecular flexibility index (Phi) is 5.52. The number of hydrogen-bond acceptors (Lipinski definition) is 4. The maximum atomic E-state index is 12.5. The lowest BCUT2D eigenvalue weighted by atomic mass is 9.98. The van der Waals surface area contributed by atoms with Crippen LogP contribution in [0.1, 0.15) is 45.4 Å². The zero-order chi connectivity index (χ0) is 15.7. The third-order valence-electron chi connectivity index (χ3n) is 4.99. The number of hydrogen-bond donors (Lipinski definition) is 3. The Labute approximate surface area is 142 Å². The van der Waals surface area contributed by atoms with E-state index in [-0.39, 0.29) is 36.8 Å². The number of halogens is 1. The van der Waals surface area contributed by atoms with Gasteiger partial charge < -0.3 is 16.0 Å². The van der Waals surface area contributed by atoms with Gasteiger partial charge in [-0.3, -0.25) is 14.5 Å². The number of carbonyl (C=O) groups is 3. The number of amides is 4. The van der Waals surface area contributed by atoms with E-state index in [2.05, 4.69) is 22.9 Å². The molecule has 23 heavy (non-hydrogen) atoms. The van der Waals surface area contributed by atoms with E-state index in [9.17, 15) is 14.4 Å². The van der Waals surface area contributed by atoms with Gasteiger partial charge in [0.25, 0.3) is 5.91 Å². The molecule has 7 nitrogen and oxygen atoms in total. The molecular weight excluding hydrogens is 320 g/mol. The van der Waals surface area contributed by atoms with Crippen LogP contribution in [0.4, 0.5) is 4.79 Å². The SMILES string of the molecule is CC1CC(NC(=O)CN2C(=O)NC3(CCCC3)C2=O)CCN1.Cl. The summed E-state index contributed by atoms with van der Waals surface area (Å²) in [5.41, 5.74) is -0.735. The molecule has 2 atom stereocenters. The Hall–Kier alpha value is -1.34. The highest BCUT2D eigenvalue weighted by atomic mass is 35.5. The van der Waals surface area contributed by atoms with Crippen LogP contribution in [0.5, 0.6) is 0 Å². The van der Waals surface area contributed by atoms with Crippen LogP contribution in [0.25, 0.3) is 0 Å². The van der Waals surface area contributed by atoms with Gasteiger partial charge in [0.1, 0.15) is 12.1 Å². The Morgan fingerprint density at radius 2 is 2.04 bits per heavy atom. The minimum Gasteiger partial charge on any atom is -0.352 e. The molecule has 2 saturated heterocycles. The van der Waals surface area contributed by atoms with Crippen LogP contribution in [0.3, 0.4) is 0 Å². The van der Waals surface area contributed by atoms with Gasteiger partial charge >= 0.3 is 6.03 Å². The molecular formula is C15H25ClN4O3. The first-order chi connectivity index (χ1) is 10.5. The fourth-order valence-corrected chi connectivity index (χ4v) is 3.82. The second-order valence-corrected chi connectivity index (χ2v) is 6.75. The van der Waals surface area contributed by atoms with E-state index in [0.717, 1.165) is 37.1 Å². The van der Waals surface area contributed by atoms with Gasteiger partial charge in [0, 0.05) is 12.1 Å². The molecule has 0 aromatic carbocycles. The van der Waals surface area contributed by atoms with E-state index < -0.39 is 11.6 Å². The van der Waals surface area contributed by atoms with E-state index in [4.69, 9.17) is 0 Å². The molecule has 3 aliphatic rings. The molecule has 3 N–H and O–H groups in total. The number of piperidine rings is 1. The summed E-state index contributed by atoms with van der Waals surface area (Å²) in [6, 6.07) is 0.0585. The van der Waals surface area contributed by atoms with Gasteiger partial charge in [0.05, 0.1) is 0 Å². The van der Waals surface area contributed by atoms with E-state index >= 15 is 0 Å². The number of rotatable bonds is 3. The largest absolute Gasteiger partial charge is 0.352 e. The van der Waals surface area contributed by atoms with Gasteiger partial charge in [-0.15, -0.1) is 12.4 Å². The highest BCUT2D eigenvalue weighted by Crippen LogP contribution is 2.34. The summed E-state index contributed by atoms with van der Waals surface area (Å²) < 4.78 is 0. The van der Waals surface area contributed by atoms with Crippen molar-refractivity contribution >= 4 is 30.3 Å². The molecule has 1 aliphatic carbocycles. The fourth-order valence-electron chi connectivity index (χ4n) is 3.82. The van der Waals surface area contributed by atoms with Crippen LogP contribution in [-0.2, 0) is 9.59 Å². The Morgan fingerprint density at radius 1 is 1.35 bits per heavy atom. The van der Waals surface area contributed by atoms with Crippen LogP contribution < -0.4 is 16.0 Å². The second kappa shape index (κ2) is 7.05. The first-order valence-corrected chi connectivity index (χ1v) is 8.17. The normalized spacial score (nSPS) is 29.3. The summed E-state index contributed by atoms with van der Waals surface area (Å²) in [5, 5.41) is 9.06. The lowest BCUT2D eigenvalue weighted by Gasteiger charge is -2.29. The topological polar surface area (TPSA) is 90.5 Å². The summed E-state index contributed by atoms with van der Waals surface area (Å²) in [6.45, 7) is 2.78. The molecule has 3 rings (SSSR count). The van der Waals surface area contributed by atoms with Crippen LogP contribution >= 0.6 is 12.4 Å². The van der Waals surface area contributed by atoms with Crippen molar-refractivity contribution in [3.8, 4) is 0 Å². The Bertz CT molecular complexity index is 493. The number of nitrogens with one attached hydrogen (secondary N) is 3. The van der Waals surface area contributed by atoms with Crippen molar-refractivity contribution in [3.05, 3.63) is 0 Å². The van der Waals surface area contributed by atoms with Gasteiger partial charge in [-0.2, -0.15) is 0 Å². The summed E-state index contributed by atoms with van der Waals surface area (Å²) in [4.78, 5) is 37.7. The molecule has 0 aromatic heterocycles. The zero-order valence-corrected chi connectivity index (χ0v) is 14.2. The predicted molar refractivity (Wildman–Crippen MR) is 87.3 cm³/mol. The lowest BCUT2D eigenvalue weighted by molar-refractivity contribution is -0.135. The molecule has 0 aromatic rings. The molecule has 3 fully saturated rings. The fraction of sp³-hybridized carbons (Fsp3) is 0.800. The minimum absolute atomic E-state index is 0. The van der Waals surface area contributed by atoms with Crippen molar-refractivity contribution in [1.82, 2.24) is 20.9 Å². The second-order valence-electron chi connectivity index (χ2n) is 6.75. The molecule has 1 spiro atoms. The molecule has 2 aliphatic heterocycles. The molecule has 2 unspecified atom stereocenters. The van der Waals surface area contributed by atoms with Gasteiger partial charge in [0.15, 0.2) is 0 Å². The quantitative estimate of drug-likeness (QED) is 0.651. The highest BCUT2D eigenvalue weighted by molar-refractivity contribution is 6.09. The minimum atomic E-state index is -0.735. The van der Waals surface area contributed by atoms with E-state index in [1.165, 1.54) is 0 Å². The third-order valence-corrected chi connectivity index (χ3v) is 4.99. The average molecular weight is 345 g/mol. The zero-order valence-electron chi connectivity index (χ0n) is 13.4. The highest BCUT2D eigenvalue weighted by Gasteiger charge is 2.52. The summed E-state index contributed by atoms with van der Waals surface area (Å²) >= 11 is 0. The van der Waals surface area contributed by atoms with Crippen LogP contribution in [0.15, 0.2) is 0 Å². The number of urea groups is 1. The van der Waals surface area contributed by atoms with E-state index in [1.54, 1.807) is 0 Å². The monoisotopic (exact) mass is 344 g/mol. The van der Waals surface area contributed by atoms with Gasteiger partial charge in [-0.25, -0.2) is 4.79 Å². The first kappa shape index (κ1) is 18.0. The molecule has 130 valence electrons. The van der Waals surface area contributed by atoms with Crippen LogP contribution in [-0.4, -0.2) is 53.5 Å². The van der Waals surface area contributed by atoms with Crippen molar-refractivity contribution < 1.29 is 14.4 Å². The van der Waals surface area contributed by atoms with Crippen molar-refractivity contribution in [2.75, 3.05) is 13.1 Å². The standard InChI is InChI=1S/C15H24N4O3.ClH/c1-10-8-11(4-7-16-10)17-12(20)9-19-13(21)15(18-14(19)22)5-2-3-6-15;/h10-11,16H,2-9H2,1H3,(H,17,20)(H,18,22);1H. The predicted octanol–water partition coefficient (Wildman–Crippen LogP) is 0.530. The average Bonchev–Trinajstić information content (AvgIpc) is 3.01. The van der Waals surface area contributed by atoms with E-state index in [0.29, 0.717) is 18.9 Å². The summed E-state index contributed by atoms with van der Waals surface area (Å²) in [7, 11) is 0. The van der Waals surface area contributed by atoms with Gasteiger partial charge in [-0.1, -0.05) is 12.8 Å². The summed E-state index contributed by atoms with van der Waals surface area (Å²) in [6.07, 6.45) is 5.00. The number of imide groups is 1. The smallest absolute Gasteiger partial charge is 0.325 e. The molecule has 8 heteroatoms. The molecule has 4 amide bonds. The van der Waals surface area contributed by atoms with Crippen molar-refractivity contribution in [3.63, 3.8) is 0 Å². The maximum absolute atomic E-state index is 12.5. The van der Waals surface area contributed by atoms with Gasteiger partial charge in [0.2, 0.25) is 5.91 Å². The van der Waals surface area contributed by atoms with Crippen molar-refractivity contribution in [2.24, 2.45) is 0 Å². The molecule has 2 heterocycles. The number of carbonyl (C=O) groups excluding carboxylic acids is 3. The Balaban J connectivity index is 0.00000192. The van der Waals surface area contributed by atoms with Gasteiger partial charge in [-0.05, 0) is 39.2 Å². The molecule has 1 saturated carbocycles. The molecule has 0 bridgehead atoms. The molecule has 0 radical (unpaired) electrons. The van der Waals surface area contributed by atoms with Crippen LogP contribution in [0, 0.1) is 0 Å². The lowest BCUT2D eigenvalue weighted by Crippen LogP contribution is -2.50. The third kappa shape index (κ3) is 3.61. The Morgan fingerprint density at radius 3 is 2.70 bits per heavy atom. The maximum Gasteiger partial charge on any atom is 0.325 e. The number of nitrogens with zero attached hydrogens (tertiary/aromatic N) is 1. The van der Waals surface area contributed by atoms with Crippen molar-refractivity contribution in [1.29, 1.82) is 0 Å². The van der Waals surface area contributed by atoms with Crippen molar-refractivity contribution in [2.45, 2.75) is 63.1 Å². The summed E-state index contributed by atoms with van der Waals surface area (Å²) in [5.74, 6) is -0.485. The first-order valence-electron chi connectivity index (χ1n) is 8.17. The van der Waals surface area contributed by atoms with E-state index in [1.807, 2.05) is 0 Å². The van der Waals surface area contributed by atoms with Crippen LogP contribution in [0.2, 0.25) is 0 Å².